The van der Waals surface area contributed by atoms with E-state index in [1.807, 2.05) is 41.9 Å². The normalized spacial score (nSPS) is 11.0. The van der Waals surface area contributed by atoms with E-state index in [1.165, 1.54) is 11.1 Å². The molecule has 0 aliphatic heterocycles. The summed E-state index contributed by atoms with van der Waals surface area (Å²) >= 11 is 0. The molecule has 4 heteroatoms. The molecule has 0 aliphatic rings. The minimum Gasteiger partial charge on any atom is -0.321 e. The van der Waals surface area contributed by atoms with Gasteiger partial charge in [-0.2, -0.15) is 5.10 Å². The van der Waals surface area contributed by atoms with Crippen molar-refractivity contribution in [3.05, 3.63) is 82.7 Å². The van der Waals surface area contributed by atoms with E-state index in [-0.39, 0.29) is 5.91 Å². The maximum atomic E-state index is 12.5. The fourth-order valence-corrected chi connectivity index (χ4v) is 2.79. The third kappa shape index (κ3) is 4.20. The van der Waals surface area contributed by atoms with Crippen LogP contribution in [0.1, 0.15) is 52.6 Å². The Labute approximate surface area is 154 Å². The molecule has 26 heavy (non-hydrogen) atoms. The van der Waals surface area contributed by atoms with Crippen molar-refractivity contribution >= 4 is 11.6 Å². The summed E-state index contributed by atoms with van der Waals surface area (Å²) in [4.78, 5) is 12.5. The van der Waals surface area contributed by atoms with E-state index in [4.69, 9.17) is 0 Å². The lowest BCUT2D eigenvalue weighted by molar-refractivity contribution is 0.102. The van der Waals surface area contributed by atoms with Crippen LogP contribution in [0.2, 0.25) is 0 Å². The number of carbonyl (C=O) groups is 1. The van der Waals surface area contributed by atoms with Gasteiger partial charge >= 0.3 is 0 Å². The molecule has 0 saturated heterocycles. The topological polar surface area (TPSA) is 46.9 Å². The molecule has 0 aliphatic carbocycles. The highest BCUT2D eigenvalue weighted by atomic mass is 16.1. The third-order valence-electron chi connectivity index (χ3n) is 4.50. The summed E-state index contributed by atoms with van der Waals surface area (Å²) in [7, 11) is 0. The van der Waals surface area contributed by atoms with Crippen molar-refractivity contribution in [1.82, 2.24) is 9.78 Å². The van der Waals surface area contributed by atoms with Gasteiger partial charge < -0.3 is 5.32 Å². The van der Waals surface area contributed by atoms with Crippen molar-refractivity contribution < 1.29 is 4.79 Å². The average molecular weight is 347 g/mol. The summed E-state index contributed by atoms with van der Waals surface area (Å²) in [6, 6.07) is 18.1. The second kappa shape index (κ2) is 7.56. The van der Waals surface area contributed by atoms with E-state index < -0.39 is 0 Å². The first-order chi connectivity index (χ1) is 12.4. The summed E-state index contributed by atoms with van der Waals surface area (Å²) in [5.41, 5.74) is 5.83. The average Bonchev–Trinajstić information content (AvgIpc) is 2.98. The van der Waals surface area contributed by atoms with Gasteiger partial charge in [-0.05, 0) is 49.1 Å². The Morgan fingerprint density at radius 1 is 1.04 bits per heavy atom. The lowest BCUT2D eigenvalue weighted by Gasteiger charge is -2.07. The maximum Gasteiger partial charge on any atom is 0.276 e. The van der Waals surface area contributed by atoms with Gasteiger partial charge in [0.15, 0.2) is 5.69 Å². The van der Waals surface area contributed by atoms with E-state index in [1.54, 1.807) is 0 Å². The number of amides is 1. The van der Waals surface area contributed by atoms with Crippen LogP contribution in [0, 0.1) is 13.8 Å². The predicted molar refractivity (Wildman–Crippen MR) is 106 cm³/mol. The first-order valence-corrected chi connectivity index (χ1v) is 8.93. The third-order valence-corrected chi connectivity index (χ3v) is 4.50. The second-order valence-electron chi connectivity index (χ2n) is 7.05. The van der Waals surface area contributed by atoms with Gasteiger partial charge in [0.05, 0.1) is 6.54 Å². The van der Waals surface area contributed by atoms with Crippen LogP contribution in [0.15, 0.2) is 54.6 Å². The zero-order valence-corrected chi connectivity index (χ0v) is 15.8. The zero-order chi connectivity index (χ0) is 18.7. The zero-order valence-electron chi connectivity index (χ0n) is 15.8. The summed E-state index contributed by atoms with van der Waals surface area (Å²) in [6.45, 7) is 8.99. The van der Waals surface area contributed by atoms with Crippen LogP contribution in [-0.2, 0) is 6.54 Å². The van der Waals surface area contributed by atoms with Crippen molar-refractivity contribution in [2.45, 2.75) is 40.2 Å². The Bertz CT molecular complexity index is 890. The van der Waals surface area contributed by atoms with Gasteiger partial charge in [-0.25, -0.2) is 0 Å². The molecule has 0 atom stereocenters. The predicted octanol–water partition coefficient (Wildman–Crippen LogP) is 4.92. The molecule has 1 amide bonds. The quantitative estimate of drug-likeness (QED) is 0.712. The molecule has 3 rings (SSSR count). The molecule has 0 saturated carbocycles. The molecule has 1 aromatic heterocycles. The summed E-state index contributed by atoms with van der Waals surface area (Å²) in [6.07, 6.45) is 0. The fourth-order valence-electron chi connectivity index (χ4n) is 2.79. The first kappa shape index (κ1) is 17.9. The highest BCUT2D eigenvalue weighted by Crippen LogP contribution is 2.18. The van der Waals surface area contributed by atoms with E-state index >= 15 is 0 Å². The van der Waals surface area contributed by atoms with Crippen molar-refractivity contribution in [1.29, 1.82) is 0 Å². The van der Waals surface area contributed by atoms with Gasteiger partial charge in [-0.3, -0.25) is 9.48 Å². The Morgan fingerprint density at radius 2 is 1.69 bits per heavy atom. The molecule has 0 unspecified atom stereocenters. The van der Waals surface area contributed by atoms with Crippen LogP contribution in [-0.4, -0.2) is 15.7 Å². The van der Waals surface area contributed by atoms with Gasteiger partial charge in [-0.1, -0.05) is 55.8 Å². The van der Waals surface area contributed by atoms with Gasteiger partial charge in [0.2, 0.25) is 0 Å². The molecule has 134 valence electrons. The van der Waals surface area contributed by atoms with E-state index in [0.29, 0.717) is 18.2 Å². The number of aromatic nitrogens is 2. The van der Waals surface area contributed by atoms with Crippen LogP contribution in [0.4, 0.5) is 5.69 Å². The monoisotopic (exact) mass is 347 g/mol. The molecule has 0 radical (unpaired) electrons. The van der Waals surface area contributed by atoms with E-state index in [9.17, 15) is 4.79 Å². The Kier molecular flexibility index (Phi) is 5.21. The molecular weight excluding hydrogens is 322 g/mol. The number of nitrogens with one attached hydrogen (secondary N) is 1. The molecule has 1 heterocycles. The van der Waals surface area contributed by atoms with Gasteiger partial charge in [-0.15, -0.1) is 0 Å². The van der Waals surface area contributed by atoms with Crippen LogP contribution in [0.3, 0.4) is 0 Å². The second-order valence-corrected chi connectivity index (χ2v) is 7.05. The summed E-state index contributed by atoms with van der Waals surface area (Å²) in [5, 5.41) is 7.40. The molecule has 0 bridgehead atoms. The highest BCUT2D eigenvalue weighted by molar-refractivity contribution is 6.02. The van der Waals surface area contributed by atoms with Crippen molar-refractivity contribution in [2.24, 2.45) is 0 Å². The minimum absolute atomic E-state index is 0.187. The number of aryl methyl sites for hydroxylation is 2. The fraction of sp³-hybridized carbons (Fsp3) is 0.273. The minimum atomic E-state index is -0.187. The lowest BCUT2D eigenvalue weighted by atomic mass is 10.0. The Hall–Kier alpha value is -2.88. The molecule has 2 aromatic carbocycles. The molecule has 1 N–H and O–H groups in total. The number of rotatable bonds is 5. The molecule has 0 spiro atoms. The van der Waals surface area contributed by atoms with Crippen LogP contribution in [0.5, 0.6) is 0 Å². The molecule has 4 nitrogen and oxygen atoms in total. The standard InChI is InChI=1S/C22H25N3O/c1-15(2)19-9-11-20(12-10-19)23-22(26)21-13-17(4)25(24-21)14-18-7-5-16(3)6-8-18/h5-13,15H,14H2,1-4H3,(H,23,26). The van der Waals surface area contributed by atoms with Crippen LogP contribution < -0.4 is 5.32 Å². The van der Waals surface area contributed by atoms with Crippen molar-refractivity contribution in [2.75, 3.05) is 5.32 Å². The maximum absolute atomic E-state index is 12.5. The van der Waals surface area contributed by atoms with Crippen molar-refractivity contribution in [3.8, 4) is 0 Å². The number of nitrogens with zero attached hydrogens (tertiary/aromatic N) is 2. The number of benzene rings is 2. The molecule has 0 fully saturated rings. The largest absolute Gasteiger partial charge is 0.321 e. The highest BCUT2D eigenvalue weighted by Gasteiger charge is 2.13. The van der Waals surface area contributed by atoms with Crippen LogP contribution in [0.25, 0.3) is 0 Å². The van der Waals surface area contributed by atoms with Crippen LogP contribution >= 0.6 is 0 Å². The number of carbonyl (C=O) groups excluding carboxylic acids is 1. The molecular formula is C22H25N3O. The van der Waals surface area contributed by atoms with E-state index in [0.717, 1.165) is 16.9 Å². The van der Waals surface area contributed by atoms with Gasteiger partial charge in [0.25, 0.3) is 5.91 Å². The number of anilines is 1. The summed E-state index contributed by atoms with van der Waals surface area (Å²) < 4.78 is 1.86. The number of hydrogen-bond acceptors (Lipinski definition) is 2. The smallest absolute Gasteiger partial charge is 0.276 e. The van der Waals surface area contributed by atoms with Crippen molar-refractivity contribution in [3.63, 3.8) is 0 Å². The van der Waals surface area contributed by atoms with Gasteiger partial charge in [0, 0.05) is 11.4 Å². The summed E-state index contributed by atoms with van der Waals surface area (Å²) in [5.74, 6) is 0.285. The number of hydrogen-bond donors (Lipinski definition) is 1. The lowest BCUT2D eigenvalue weighted by Crippen LogP contribution is -2.13. The first-order valence-electron chi connectivity index (χ1n) is 8.93. The van der Waals surface area contributed by atoms with E-state index in [2.05, 4.69) is 55.5 Å². The van der Waals surface area contributed by atoms with Gasteiger partial charge in [0.1, 0.15) is 0 Å². The SMILES string of the molecule is Cc1ccc(Cn2nc(C(=O)Nc3ccc(C(C)C)cc3)cc2C)cc1. The Balaban J connectivity index is 1.71. The molecule has 3 aromatic rings. The Morgan fingerprint density at radius 3 is 2.31 bits per heavy atom.